The number of halogens is 2. The largest absolute Gasteiger partial charge is 0.310 e. The second kappa shape index (κ2) is 8.66. The summed E-state index contributed by atoms with van der Waals surface area (Å²) in [5.74, 6) is 0.694. The number of hydrogen-bond donors (Lipinski definition) is 1. The summed E-state index contributed by atoms with van der Waals surface area (Å²) in [5, 5.41) is 3.68. The zero-order chi connectivity index (χ0) is 15.2. The molecule has 1 aromatic carbocycles. The van der Waals surface area contributed by atoms with Gasteiger partial charge in [0, 0.05) is 21.5 Å². The SMILES string of the molecule is CC(CNC(C)c1ccc(Br)cc1Br)CN1CCCCC1. The van der Waals surface area contributed by atoms with Crippen molar-refractivity contribution in [3.05, 3.63) is 32.7 Å². The van der Waals surface area contributed by atoms with E-state index < -0.39 is 0 Å². The van der Waals surface area contributed by atoms with Gasteiger partial charge >= 0.3 is 0 Å². The van der Waals surface area contributed by atoms with Gasteiger partial charge in [0.25, 0.3) is 0 Å². The highest BCUT2D eigenvalue weighted by Crippen LogP contribution is 2.26. The van der Waals surface area contributed by atoms with Crippen LogP contribution in [0.25, 0.3) is 0 Å². The number of hydrogen-bond acceptors (Lipinski definition) is 2. The number of nitrogens with one attached hydrogen (secondary N) is 1. The van der Waals surface area contributed by atoms with E-state index in [-0.39, 0.29) is 0 Å². The van der Waals surface area contributed by atoms with Gasteiger partial charge in [-0.1, -0.05) is 51.3 Å². The summed E-state index contributed by atoms with van der Waals surface area (Å²) < 4.78 is 2.28. The summed E-state index contributed by atoms with van der Waals surface area (Å²) in [6.45, 7) is 9.46. The van der Waals surface area contributed by atoms with E-state index in [0.29, 0.717) is 12.0 Å². The van der Waals surface area contributed by atoms with E-state index in [4.69, 9.17) is 0 Å². The lowest BCUT2D eigenvalue weighted by Crippen LogP contribution is -2.37. The van der Waals surface area contributed by atoms with Gasteiger partial charge in [-0.2, -0.15) is 0 Å². The zero-order valence-electron chi connectivity index (χ0n) is 13.0. The molecule has 0 aromatic heterocycles. The molecule has 0 bridgehead atoms. The number of likely N-dealkylation sites (tertiary alicyclic amines) is 1. The maximum atomic E-state index is 3.68. The van der Waals surface area contributed by atoms with Gasteiger partial charge in [0.05, 0.1) is 0 Å². The summed E-state index contributed by atoms with van der Waals surface area (Å²) in [7, 11) is 0. The fraction of sp³-hybridized carbons (Fsp3) is 0.647. The quantitative estimate of drug-likeness (QED) is 0.701. The van der Waals surface area contributed by atoms with Crippen LogP contribution in [0.5, 0.6) is 0 Å². The Hall–Kier alpha value is 0.1000. The second-order valence-corrected chi connectivity index (χ2v) is 8.03. The highest BCUT2D eigenvalue weighted by Gasteiger charge is 2.15. The van der Waals surface area contributed by atoms with Gasteiger partial charge in [-0.05, 0) is 63.0 Å². The average Bonchev–Trinajstić information content (AvgIpc) is 2.46. The van der Waals surface area contributed by atoms with E-state index >= 15 is 0 Å². The molecule has 1 N–H and O–H groups in total. The van der Waals surface area contributed by atoms with Crippen molar-refractivity contribution in [2.24, 2.45) is 5.92 Å². The molecule has 0 spiro atoms. The Morgan fingerprint density at radius 3 is 2.52 bits per heavy atom. The minimum Gasteiger partial charge on any atom is -0.310 e. The van der Waals surface area contributed by atoms with Gasteiger partial charge in [-0.25, -0.2) is 0 Å². The minimum absolute atomic E-state index is 0.372. The van der Waals surface area contributed by atoms with Crippen LogP contribution in [0.1, 0.15) is 44.7 Å². The number of piperidine rings is 1. The third-order valence-electron chi connectivity index (χ3n) is 4.22. The molecule has 1 aromatic rings. The highest BCUT2D eigenvalue weighted by molar-refractivity contribution is 9.11. The lowest BCUT2D eigenvalue weighted by Gasteiger charge is -2.29. The van der Waals surface area contributed by atoms with Crippen LogP contribution in [-0.2, 0) is 0 Å². The molecule has 1 aliphatic heterocycles. The fourth-order valence-corrected chi connectivity index (χ4v) is 4.38. The van der Waals surface area contributed by atoms with Crippen molar-refractivity contribution in [3.8, 4) is 0 Å². The van der Waals surface area contributed by atoms with Crippen molar-refractivity contribution in [2.45, 2.75) is 39.2 Å². The molecule has 0 aliphatic carbocycles. The first-order valence-corrected chi connectivity index (χ1v) is 9.55. The van der Waals surface area contributed by atoms with Gasteiger partial charge in [0.1, 0.15) is 0 Å². The molecular formula is C17H26Br2N2. The Balaban J connectivity index is 1.78. The van der Waals surface area contributed by atoms with Gasteiger partial charge in [0.15, 0.2) is 0 Å². The molecule has 2 unspecified atom stereocenters. The molecule has 1 saturated heterocycles. The Morgan fingerprint density at radius 2 is 1.86 bits per heavy atom. The monoisotopic (exact) mass is 416 g/mol. The van der Waals surface area contributed by atoms with Crippen LogP contribution >= 0.6 is 31.9 Å². The first-order valence-electron chi connectivity index (χ1n) is 7.97. The first kappa shape index (κ1) is 17.5. The molecule has 0 saturated carbocycles. The van der Waals surface area contributed by atoms with Gasteiger partial charge in [-0.15, -0.1) is 0 Å². The number of benzene rings is 1. The van der Waals surface area contributed by atoms with Gasteiger partial charge in [-0.3, -0.25) is 0 Å². The topological polar surface area (TPSA) is 15.3 Å². The second-order valence-electron chi connectivity index (χ2n) is 6.26. The van der Waals surface area contributed by atoms with E-state index in [2.05, 4.69) is 74.1 Å². The molecule has 1 fully saturated rings. The molecule has 2 nitrogen and oxygen atoms in total. The maximum Gasteiger partial charge on any atom is 0.0303 e. The average molecular weight is 418 g/mol. The Morgan fingerprint density at radius 1 is 1.14 bits per heavy atom. The molecule has 1 aliphatic rings. The van der Waals surface area contributed by atoms with E-state index in [9.17, 15) is 0 Å². The van der Waals surface area contributed by atoms with Crippen molar-refractivity contribution in [1.29, 1.82) is 0 Å². The standard InChI is InChI=1S/C17H26Br2N2/c1-13(12-21-8-4-3-5-9-21)11-20-14(2)16-7-6-15(18)10-17(16)19/h6-7,10,13-14,20H,3-5,8-9,11-12H2,1-2H3. The summed E-state index contributed by atoms with van der Waals surface area (Å²) in [6.07, 6.45) is 4.17. The van der Waals surface area contributed by atoms with Crippen LogP contribution in [-0.4, -0.2) is 31.1 Å². The van der Waals surface area contributed by atoms with Crippen molar-refractivity contribution < 1.29 is 0 Å². The van der Waals surface area contributed by atoms with Gasteiger partial charge in [0.2, 0.25) is 0 Å². The van der Waals surface area contributed by atoms with Crippen LogP contribution in [0.2, 0.25) is 0 Å². The van der Waals surface area contributed by atoms with Crippen molar-refractivity contribution in [2.75, 3.05) is 26.2 Å². The van der Waals surface area contributed by atoms with E-state index in [1.165, 1.54) is 48.9 Å². The Bertz CT molecular complexity index is 444. The molecule has 1 heterocycles. The van der Waals surface area contributed by atoms with Crippen molar-refractivity contribution in [3.63, 3.8) is 0 Å². The molecule has 21 heavy (non-hydrogen) atoms. The smallest absolute Gasteiger partial charge is 0.0303 e. The van der Waals surface area contributed by atoms with E-state index in [1.54, 1.807) is 0 Å². The third kappa shape index (κ3) is 5.66. The van der Waals surface area contributed by atoms with Crippen LogP contribution in [0.4, 0.5) is 0 Å². The van der Waals surface area contributed by atoms with Crippen molar-refractivity contribution >= 4 is 31.9 Å². The predicted molar refractivity (Wildman–Crippen MR) is 97.7 cm³/mol. The van der Waals surface area contributed by atoms with E-state index in [0.717, 1.165) is 11.0 Å². The van der Waals surface area contributed by atoms with Crippen LogP contribution in [0.15, 0.2) is 27.1 Å². The van der Waals surface area contributed by atoms with Crippen LogP contribution in [0, 0.1) is 5.92 Å². The summed E-state index contributed by atoms with van der Waals surface area (Å²) in [5.41, 5.74) is 1.32. The molecule has 0 radical (unpaired) electrons. The molecule has 118 valence electrons. The fourth-order valence-electron chi connectivity index (χ4n) is 2.99. The van der Waals surface area contributed by atoms with Crippen LogP contribution in [0.3, 0.4) is 0 Å². The maximum absolute atomic E-state index is 3.68. The highest BCUT2D eigenvalue weighted by atomic mass is 79.9. The molecule has 2 atom stereocenters. The lowest BCUT2D eigenvalue weighted by atomic mass is 10.1. The normalized spacial score (nSPS) is 19.4. The first-order chi connectivity index (χ1) is 10.1. The number of nitrogens with zero attached hydrogens (tertiary/aromatic N) is 1. The predicted octanol–water partition coefficient (Wildman–Crippen LogP) is 4.98. The lowest BCUT2D eigenvalue weighted by molar-refractivity contribution is 0.197. The summed E-state index contributed by atoms with van der Waals surface area (Å²) in [4.78, 5) is 2.62. The third-order valence-corrected chi connectivity index (χ3v) is 5.40. The molecular weight excluding hydrogens is 392 g/mol. The Kier molecular flexibility index (Phi) is 7.20. The summed E-state index contributed by atoms with van der Waals surface area (Å²) >= 11 is 7.16. The number of rotatable bonds is 6. The molecule has 0 amide bonds. The molecule has 4 heteroatoms. The van der Waals surface area contributed by atoms with Crippen molar-refractivity contribution in [1.82, 2.24) is 10.2 Å². The molecule has 2 rings (SSSR count). The summed E-state index contributed by atoms with van der Waals surface area (Å²) in [6, 6.07) is 6.78. The van der Waals surface area contributed by atoms with E-state index in [1.807, 2.05) is 0 Å². The Labute approximate surface area is 145 Å². The van der Waals surface area contributed by atoms with Crippen LogP contribution < -0.4 is 5.32 Å². The zero-order valence-corrected chi connectivity index (χ0v) is 16.2. The van der Waals surface area contributed by atoms with Gasteiger partial charge < -0.3 is 10.2 Å². The minimum atomic E-state index is 0.372.